The average molecular weight is 190 g/mol. The van der Waals surface area contributed by atoms with Crippen LogP contribution in [0.5, 0.6) is 5.75 Å². The summed E-state index contributed by atoms with van der Waals surface area (Å²) in [5.41, 5.74) is 0.903. The van der Waals surface area contributed by atoms with E-state index in [0.717, 1.165) is 18.4 Å². The number of hydrogen-bond acceptors (Lipinski definition) is 2. The molecule has 0 aliphatic heterocycles. The molecule has 1 fully saturated rings. The third-order valence-corrected chi connectivity index (χ3v) is 2.03. The van der Waals surface area contributed by atoms with E-state index >= 15 is 0 Å². The first-order valence-corrected chi connectivity index (χ1v) is 4.64. The minimum absolute atomic E-state index is 0.328. The molecule has 1 N–H and O–H groups in total. The van der Waals surface area contributed by atoms with Gasteiger partial charge in [0.05, 0.1) is 0 Å². The number of nitrogens with one attached hydrogen (secondary N) is 1. The molecule has 0 saturated heterocycles. The van der Waals surface area contributed by atoms with Gasteiger partial charge in [-0.1, -0.05) is 12.1 Å². The van der Waals surface area contributed by atoms with Crippen LogP contribution in [-0.4, -0.2) is 12.1 Å². The van der Waals surface area contributed by atoms with Gasteiger partial charge in [-0.2, -0.15) is 0 Å². The van der Waals surface area contributed by atoms with E-state index in [-0.39, 0.29) is 6.09 Å². The van der Waals surface area contributed by atoms with Crippen LogP contribution < -0.4 is 10.1 Å². The predicted octanol–water partition coefficient (Wildman–Crippen LogP) is 2.12. The van der Waals surface area contributed by atoms with Gasteiger partial charge in [0.25, 0.3) is 0 Å². The van der Waals surface area contributed by atoms with Crippen LogP contribution in [0.3, 0.4) is 0 Å². The highest BCUT2D eigenvalue weighted by Crippen LogP contribution is 2.19. The predicted molar refractivity (Wildman–Crippen MR) is 53.1 cm³/mol. The van der Waals surface area contributed by atoms with Crippen LogP contribution >= 0.6 is 0 Å². The molecule has 1 radical (unpaired) electrons. The van der Waals surface area contributed by atoms with E-state index in [1.807, 2.05) is 0 Å². The molecule has 0 aromatic heterocycles. The summed E-state index contributed by atoms with van der Waals surface area (Å²) in [7, 11) is 0. The van der Waals surface area contributed by atoms with Crippen LogP contribution in [0, 0.1) is 6.92 Å². The van der Waals surface area contributed by atoms with Crippen LogP contribution in [0.2, 0.25) is 0 Å². The first-order chi connectivity index (χ1) is 6.74. The highest BCUT2D eigenvalue weighted by atomic mass is 16.6. The van der Waals surface area contributed by atoms with Crippen molar-refractivity contribution in [1.29, 1.82) is 0 Å². The quantitative estimate of drug-likeness (QED) is 0.775. The first-order valence-electron chi connectivity index (χ1n) is 4.64. The molecule has 0 atom stereocenters. The molecule has 0 bridgehead atoms. The van der Waals surface area contributed by atoms with E-state index in [0.29, 0.717) is 11.8 Å². The molecular weight excluding hydrogens is 178 g/mol. The monoisotopic (exact) mass is 190 g/mol. The number of ether oxygens (including phenoxy) is 1. The Morgan fingerprint density at radius 2 is 2.00 bits per heavy atom. The Bertz CT molecular complexity index is 328. The van der Waals surface area contributed by atoms with Crippen molar-refractivity contribution in [2.24, 2.45) is 0 Å². The third-order valence-electron chi connectivity index (χ3n) is 2.03. The summed E-state index contributed by atoms with van der Waals surface area (Å²) in [5, 5.41) is 2.74. The Balaban J connectivity index is 1.89. The van der Waals surface area contributed by atoms with E-state index < -0.39 is 0 Å². The number of carbonyl (C=O) groups excluding carboxylic acids is 1. The number of hydrogen-bond donors (Lipinski definition) is 1. The normalized spacial score (nSPS) is 14.9. The van der Waals surface area contributed by atoms with E-state index in [9.17, 15) is 4.79 Å². The summed E-state index contributed by atoms with van der Waals surface area (Å²) < 4.78 is 5.04. The molecule has 14 heavy (non-hydrogen) atoms. The molecule has 0 spiro atoms. The second-order valence-electron chi connectivity index (χ2n) is 3.45. The van der Waals surface area contributed by atoms with Gasteiger partial charge in [0, 0.05) is 6.04 Å². The van der Waals surface area contributed by atoms with E-state index in [4.69, 9.17) is 4.74 Å². The van der Waals surface area contributed by atoms with Crippen molar-refractivity contribution in [2.75, 3.05) is 0 Å². The van der Waals surface area contributed by atoms with Crippen LogP contribution in [0.1, 0.15) is 18.4 Å². The molecule has 3 nitrogen and oxygen atoms in total. The van der Waals surface area contributed by atoms with Crippen molar-refractivity contribution in [3.63, 3.8) is 0 Å². The number of rotatable bonds is 2. The molecule has 1 aliphatic carbocycles. The lowest BCUT2D eigenvalue weighted by Gasteiger charge is -2.04. The maximum Gasteiger partial charge on any atom is 0.412 e. The summed E-state index contributed by atoms with van der Waals surface area (Å²) in [6, 6.07) is 7.40. The highest BCUT2D eigenvalue weighted by Gasteiger charge is 2.23. The Morgan fingerprint density at radius 3 is 2.57 bits per heavy atom. The molecule has 1 saturated carbocycles. The lowest BCUT2D eigenvalue weighted by atomic mass is 10.2. The van der Waals surface area contributed by atoms with E-state index in [1.54, 1.807) is 24.3 Å². The molecule has 0 heterocycles. The second kappa shape index (κ2) is 3.70. The Morgan fingerprint density at radius 1 is 1.36 bits per heavy atom. The number of benzene rings is 1. The topological polar surface area (TPSA) is 38.3 Å². The van der Waals surface area contributed by atoms with Crippen molar-refractivity contribution in [3.8, 4) is 5.75 Å². The molecule has 73 valence electrons. The average Bonchev–Trinajstić information content (AvgIpc) is 2.93. The maximum atomic E-state index is 11.2. The molecule has 1 amide bonds. The largest absolute Gasteiger partial charge is 0.412 e. The van der Waals surface area contributed by atoms with Crippen LogP contribution in [0.15, 0.2) is 24.3 Å². The molecule has 2 rings (SSSR count). The second-order valence-corrected chi connectivity index (χ2v) is 3.45. The van der Waals surface area contributed by atoms with Crippen molar-refractivity contribution in [2.45, 2.75) is 18.9 Å². The van der Waals surface area contributed by atoms with Crippen LogP contribution in [-0.2, 0) is 0 Å². The zero-order valence-corrected chi connectivity index (χ0v) is 7.82. The Hall–Kier alpha value is -1.51. The highest BCUT2D eigenvalue weighted by molar-refractivity contribution is 5.71. The first kappa shape index (κ1) is 9.06. The molecule has 1 aromatic carbocycles. The van der Waals surface area contributed by atoms with Gasteiger partial charge in [-0.05, 0) is 37.5 Å². The zero-order valence-electron chi connectivity index (χ0n) is 7.82. The summed E-state index contributed by atoms with van der Waals surface area (Å²) in [6.45, 7) is 3.74. The van der Waals surface area contributed by atoms with E-state index in [2.05, 4.69) is 12.2 Å². The summed E-state index contributed by atoms with van der Waals surface area (Å²) in [4.78, 5) is 11.2. The van der Waals surface area contributed by atoms with Crippen molar-refractivity contribution >= 4 is 6.09 Å². The van der Waals surface area contributed by atoms with Crippen LogP contribution in [0.25, 0.3) is 0 Å². The minimum atomic E-state index is -0.371. The minimum Gasteiger partial charge on any atom is -0.410 e. The SMILES string of the molecule is [CH2]c1ccc(OC(=O)NC2CC2)cc1. The van der Waals surface area contributed by atoms with Gasteiger partial charge in [-0.15, -0.1) is 0 Å². The van der Waals surface area contributed by atoms with Gasteiger partial charge in [-0.25, -0.2) is 4.79 Å². The molecular formula is C11H12NO2. The summed E-state index contributed by atoms with van der Waals surface area (Å²) in [5.74, 6) is 0.551. The summed E-state index contributed by atoms with van der Waals surface area (Å²) >= 11 is 0. The van der Waals surface area contributed by atoms with Crippen LogP contribution in [0.4, 0.5) is 4.79 Å². The zero-order chi connectivity index (χ0) is 9.97. The smallest absolute Gasteiger partial charge is 0.410 e. The van der Waals surface area contributed by atoms with Crippen molar-refractivity contribution < 1.29 is 9.53 Å². The van der Waals surface area contributed by atoms with Gasteiger partial charge < -0.3 is 10.1 Å². The lowest BCUT2D eigenvalue weighted by Crippen LogP contribution is -2.28. The fraction of sp³-hybridized carbons (Fsp3) is 0.273. The third kappa shape index (κ3) is 2.49. The van der Waals surface area contributed by atoms with E-state index in [1.165, 1.54) is 0 Å². The lowest BCUT2D eigenvalue weighted by molar-refractivity contribution is 0.200. The number of carbonyl (C=O) groups is 1. The maximum absolute atomic E-state index is 11.2. The standard InChI is InChI=1S/C11H12NO2/c1-8-2-6-10(7-3-8)14-11(13)12-9-4-5-9/h2-3,6-7,9H,1,4-5H2,(H,12,13). The van der Waals surface area contributed by atoms with Gasteiger partial charge in [0.2, 0.25) is 0 Å². The van der Waals surface area contributed by atoms with Gasteiger partial charge in [0.1, 0.15) is 5.75 Å². The van der Waals surface area contributed by atoms with Crippen molar-refractivity contribution in [3.05, 3.63) is 36.8 Å². The number of amides is 1. The molecule has 1 aromatic rings. The Kier molecular flexibility index (Phi) is 2.39. The van der Waals surface area contributed by atoms with Gasteiger partial charge in [0.15, 0.2) is 0 Å². The summed E-state index contributed by atoms with van der Waals surface area (Å²) in [6.07, 6.45) is 1.75. The van der Waals surface area contributed by atoms with Crippen molar-refractivity contribution in [1.82, 2.24) is 5.32 Å². The fourth-order valence-electron chi connectivity index (χ4n) is 1.09. The van der Waals surface area contributed by atoms with Gasteiger partial charge >= 0.3 is 6.09 Å². The van der Waals surface area contributed by atoms with Gasteiger partial charge in [-0.3, -0.25) is 0 Å². The molecule has 3 heteroatoms. The fourth-order valence-corrected chi connectivity index (χ4v) is 1.09. The Labute approximate surface area is 83.1 Å². The molecule has 1 aliphatic rings. The molecule has 0 unspecified atom stereocenters.